The van der Waals surface area contributed by atoms with Gasteiger partial charge in [-0.25, -0.2) is 0 Å². The summed E-state index contributed by atoms with van der Waals surface area (Å²) in [7, 11) is 2.06. The van der Waals surface area contributed by atoms with E-state index < -0.39 is 0 Å². The Labute approximate surface area is 134 Å². The minimum absolute atomic E-state index is 0.327. The average Bonchev–Trinajstić information content (AvgIpc) is 2.94. The lowest BCUT2D eigenvalue weighted by Gasteiger charge is -2.13. The predicted octanol–water partition coefficient (Wildman–Crippen LogP) is 4.98. The van der Waals surface area contributed by atoms with Gasteiger partial charge in [-0.1, -0.05) is 0 Å². The molecule has 0 spiro atoms. The molecule has 1 aliphatic heterocycles. The second-order valence-corrected chi connectivity index (χ2v) is 9.11. The molecule has 0 aromatic carbocycles. The van der Waals surface area contributed by atoms with Gasteiger partial charge in [0.2, 0.25) is 0 Å². The molecule has 1 atom stereocenters. The predicted molar refractivity (Wildman–Crippen MR) is 91.8 cm³/mol. The first-order valence-corrected chi connectivity index (χ1v) is 9.89. The number of hydrogen-bond acceptors (Lipinski definition) is 4. The van der Waals surface area contributed by atoms with Gasteiger partial charge in [-0.3, -0.25) is 0 Å². The molecule has 102 valence electrons. The summed E-state index contributed by atoms with van der Waals surface area (Å²) in [6.07, 6.45) is 1.24. The van der Waals surface area contributed by atoms with Crippen LogP contribution < -0.4 is 5.32 Å². The Morgan fingerprint density at radius 2 is 2.16 bits per heavy atom. The van der Waals surface area contributed by atoms with Gasteiger partial charge in [-0.05, 0) is 59.8 Å². The maximum atomic E-state index is 3.70. The zero-order valence-corrected chi connectivity index (χ0v) is 15.0. The number of hydrogen-bond donors (Lipinski definition) is 1. The minimum atomic E-state index is 0.327. The van der Waals surface area contributed by atoms with Crippen LogP contribution in [0.2, 0.25) is 0 Å². The monoisotopic (exact) mass is 373 g/mol. The van der Waals surface area contributed by atoms with Crippen LogP contribution in [0.3, 0.4) is 0 Å². The maximum absolute atomic E-state index is 3.70. The summed E-state index contributed by atoms with van der Waals surface area (Å²) >= 11 is 9.62. The fourth-order valence-electron chi connectivity index (χ4n) is 2.41. The van der Waals surface area contributed by atoms with Crippen LogP contribution in [-0.4, -0.2) is 12.8 Å². The number of thiophene rings is 2. The van der Waals surface area contributed by atoms with Crippen LogP contribution in [0.25, 0.3) is 0 Å². The van der Waals surface area contributed by atoms with Crippen LogP contribution in [0.5, 0.6) is 0 Å². The Bertz CT molecular complexity index is 564. The van der Waals surface area contributed by atoms with Crippen molar-refractivity contribution in [3.05, 3.63) is 41.7 Å². The van der Waals surface area contributed by atoms with E-state index in [1.807, 2.05) is 22.7 Å². The van der Waals surface area contributed by atoms with E-state index in [1.165, 1.54) is 37.0 Å². The van der Waals surface area contributed by atoms with Gasteiger partial charge in [0, 0.05) is 29.7 Å². The molecule has 0 bridgehead atoms. The van der Waals surface area contributed by atoms with Crippen molar-refractivity contribution in [1.29, 1.82) is 0 Å². The second kappa shape index (κ2) is 5.90. The third-order valence-corrected chi connectivity index (χ3v) is 7.66. The highest BCUT2D eigenvalue weighted by Gasteiger charge is 2.22. The first-order valence-electron chi connectivity index (χ1n) is 6.31. The van der Waals surface area contributed by atoms with Crippen molar-refractivity contribution in [2.75, 3.05) is 12.8 Å². The van der Waals surface area contributed by atoms with Crippen molar-refractivity contribution in [2.45, 2.75) is 25.1 Å². The molecule has 1 N–H and O–H groups in total. The Balaban J connectivity index is 1.98. The molecule has 3 rings (SSSR count). The lowest BCUT2D eigenvalue weighted by atomic mass is 10.1. The largest absolute Gasteiger partial charge is 0.308 e. The van der Waals surface area contributed by atoms with Crippen molar-refractivity contribution in [3.8, 4) is 0 Å². The molecule has 1 unspecified atom stereocenters. The smallest absolute Gasteiger partial charge is 0.0774 e. The Kier molecular flexibility index (Phi) is 4.39. The van der Waals surface area contributed by atoms with Crippen molar-refractivity contribution < 1.29 is 0 Å². The molecule has 5 heteroatoms. The number of fused-ring (bicyclic) bond motifs is 1. The van der Waals surface area contributed by atoms with E-state index in [0.717, 1.165) is 0 Å². The molecule has 0 aliphatic carbocycles. The maximum Gasteiger partial charge on any atom is 0.0774 e. The third-order valence-electron chi connectivity index (χ3n) is 3.32. The quantitative estimate of drug-likeness (QED) is 0.813. The lowest BCUT2D eigenvalue weighted by Crippen LogP contribution is -2.15. The Morgan fingerprint density at radius 3 is 2.79 bits per heavy atom. The van der Waals surface area contributed by atoms with Crippen LogP contribution in [0, 0.1) is 6.92 Å². The highest BCUT2D eigenvalue weighted by Crippen LogP contribution is 2.40. The number of nitrogens with one attached hydrogen (secondary N) is 1. The van der Waals surface area contributed by atoms with Crippen molar-refractivity contribution in [1.82, 2.24) is 5.32 Å². The fourth-order valence-corrected chi connectivity index (χ4v) is 6.99. The van der Waals surface area contributed by atoms with Gasteiger partial charge in [0.25, 0.3) is 0 Å². The number of halogens is 1. The van der Waals surface area contributed by atoms with E-state index >= 15 is 0 Å². The molecule has 0 radical (unpaired) electrons. The van der Waals surface area contributed by atoms with Gasteiger partial charge in [-0.15, -0.1) is 22.7 Å². The number of aryl methyl sites for hydroxylation is 2. The van der Waals surface area contributed by atoms with E-state index in [1.54, 1.807) is 10.4 Å². The van der Waals surface area contributed by atoms with Gasteiger partial charge in [0.15, 0.2) is 0 Å². The van der Waals surface area contributed by atoms with E-state index in [9.17, 15) is 0 Å². The summed E-state index contributed by atoms with van der Waals surface area (Å²) in [6.45, 7) is 2.17. The molecule has 1 aliphatic rings. The van der Waals surface area contributed by atoms with E-state index in [0.29, 0.717) is 6.04 Å². The molecule has 0 saturated carbocycles. The number of rotatable bonds is 3. The Hall–Kier alpha value is 0.190. The van der Waals surface area contributed by atoms with E-state index in [4.69, 9.17) is 0 Å². The lowest BCUT2D eigenvalue weighted by molar-refractivity contribution is 0.713. The molecule has 1 nitrogen and oxygen atoms in total. The van der Waals surface area contributed by atoms with Crippen LogP contribution in [-0.2, 0) is 12.2 Å². The summed E-state index contributed by atoms with van der Waals surface area (Å²) < 4.78 is 1.23. The average molecular weight is 374 g/mol. The van der Waals surface area contributed by atoms with Gasteiger partial charge in [0.1, 0.15) is 0 Å². The summed E-state index contributed by atoms with van der Waals surface area (Å²) in [5.74, 6) is 2.46. The molecule has 2 aromatic rings. The standard InChI is InChI=1S/C14H16BrNS3/c1-8-5-10(15)14(18-8)13(16-2)12-6-9-7-17-4-3-11(9)19-12/h5-6,13,16H,3-4,7H2,1-2H3. The second-order valence-electron chi connectivity index (χ2n) is 4.69. The van der Waals surface area contributed by atoms with E-state index in [2.05, 4.69) is 59.1 Å². The van der Waals surface area contributed by atoms with Crippen LogP contribution >= 0.6 is 50.4 Å². The van der Waals surface area contributed by atoms with Gasteiger partial charge in [0.05, 0.1) is 6.04 Å². The summed E-state index contributed by atoms with van der Waals surface area (Å²) in [5.41, 5.74) is 1.56. The molecule has 19 heavy (non-hydrogen) atoms. The fraction of sp³-hybridized carbons (Fsp3) is 0.429. The van der Waals surface area contributed by atoms with Crippen molar-refractivity contribution in [3.63, 3.8) is 0 Å². The normalized spacial score (nSPS) is 16.4. The minimum Gasteiger partial charge on any atom is -0.308 e. The topological polar surface area (TPSA) is 12.0 Å². The van der Waals surface area contributed by atoms with Crippen molar-refractivity contribution >= 4 is 50.4 Å². The van der Waals surface area contributed by atoms with Gasteiger partial charge < -0.3 is 5.32 Å². The molecule has 0 saturated heterocycles. The molecule has 3 heterocycles. The third kappa shape index (κ3) is 2.81. The van der Waals surface area contributed by atoms with Gasteiger partial charge in [-0.2, -0.15) is 11.8 Å². The molecular formula is C14H16BrNS3. The zero-order chi connectivity index (χ0) is 13.4. The molecule has 0 fully saturated rings. The SMILES string of the molecule is CNC(c1cc2c(s1)CCSC2)c1sc(C)cc1Br. The molecule has 0 amide bonds. The van der Waals surface area contributed by atoms with Gasteiger partial charge >= 0.3 is 0 Å². The molecular weight excluding hydrogens is 358 g/mol. The molecule has 2 aromatic heterocycles. The van der Waals surface area contributed by atoms with E-state index in [-0.39, 0.29) is 0 Å². The Morgan fingerprint density at radius 1 is 1.32 bits per heavy atom. The first kappa shape index (κ1) is 14.1. The van der Waals surface area contributed by atoms with Crippen LogP contribution in [0.15, 0.2) is 16.6 Å². The van der Waals surface area contributed by atoms with Crippen molar-refractivity contribution in [2.24, 2.45) is 0 Å². The first-order chi connectivity index (χ1) is 9.19. The zero-order valence-electron chi connectivity index (χ0n) is 11.0. The highest BCUT2D eigenvalue weighted by atomic mass is 79.9. The summed E-state index contributed by atoms with van der Waals surface area (Å²) in [4.78, 5) is 5.81. The highest BCUT2D eigenvalue weighted by molar-refractivity contribution is 9.10. The van der Waals surface area contributed by atoms with Crippen LogP contribution in [0.1, 0.15) is 31.1 Å². The summed E-state index contributed by atoms with van der Waals surface area (Å²) in [5, 5.41) is 3.48. The number of thioether (sulfide) groups is 1. The summed E-state index contributed by atoms with van der Waals surface area (Å²) in [6, 6.07) is 4.95. The van der Waals surface area contributed by atoms with Crippen LogP contribution in [0.4, 0.5) is 0 Å².